The lowest BCUT2D eigenvalue weighted by atomic mass is 10.3. The molecule has 0 spiro atoms. The van der Waals surface area contributed by atoms with Crippen LogP contribution in [0.15, 0.2) is 10.2 Å². The number of thiazole rings is 1. The van der Waals surface area contributed by atoms with Gasteiger partial charge in [-0.2, -0.15) is 4.98 Å². The Kier molecular flexibility index (Phi) is 1.63. The zero-order valence-electron chi connectivity index (χ0n) is 7.24. The molecule has 13 heavy (non-hydrogen) atoms. The molecular formula is C8H8N2O2S. The first kappa shape index (κ1) is 8.25. The third kappa shape index (κ3) is 1.04. The Labute approximate surface area is 78.1 Å². The molecule has 0 amide bonds. The van der Waals surface area contributed by atoms with Gasteiger partial charge in [-0.1, -0.05) is 0 Å². The number of hydrogen-bond donors (Lipinski definition) is 1. The minimum absolute atomic E-state index is 0.174. The van der Waals surface area contributed by atoms with E-state index >= 15 is 0 Å². The molecule has 0 saturated carbocycles. The average molecular weight is 196 g/mol. The lowest BCUT2D eigenvalue weighted by molar-refractivity contribution is 0.448. The molecule has 68 valence electrons. The van der Waals surface area contributed by atoms with Gasteiger partial charge in [0.05, 0.1) is 5.56 Å². The van der Waals surface area contributed by atoms with Crippen molar-refractivity contribution in [2.45, 2.75) is 13.8 Å². The molecule has 2 rings (SSSR count). The fourth-order valence-electron chi connectivity index (χ4n) is 1.16. The molecule has 0 fully saturated rings. The topological polar surface area (TPSA) is 54.6 Å². The minimum Gasteiger partial charge on any atom is -0.493 e. The SMILES string of the molecule is Cc1c(O)nc2scc(C)n2c1=O. The highest BCUT2D eigenvalue weighted by molar-refractivity contribution is 7.15. The zero-order valence-corrected chi connectivity index (χ0v) is 8.05. The van der Waals surface area contributed by atoms with Gasteiger partial charge in [0, 0.05) is 11.1 Å². The highest BCUT2D eigenvalue weighted by atomic mass is 32.1. The van der Waals surface area contributed by atoms with Crippen LogP contribution in [0.4, 0.5) is 0 Å². The van der Waals surface area contributed by atoms with E-state index in [1.807, 2.05) is 12.3 Å². The van der Waals surface area contributed by atoms with Gasteiger partial charge in [0.25, 0.3) is 5.56 Å². The molecule has 0 aliphatic rings. The first-order valence-electron chi connectivity index (χ1n) is 3.77. The average Bonchev–Trinajstić information content (AvgIpc) is 2.43. The Hall–Kier alpha value is -1.36. The Balaban J connectivity index is 3.06. The standard InChI is InChI=1S/C8H8N2O2S/c1-4-3-13-8-9-6(11)5(2)7(12)10(4)8/h3,11H,1-2H3. The number of hydrogen-bond acceptors (Lipinski definition) is 4. The summed E-state index contributed by atoms with van der Waals surface area (Å²) in [5, 5.41) is 11.1. The smallest absolute Gasteiger partial charge is 0.265 e. The van der Waals surface area contributed by atoms with Crippen LogP contribution in [0.5, 0.6) is 5.88 Å². The fraction of sp³-hybridized carbons (Fsp3) is 0.250. The Bertz CT molecular complexity index is 527. The predicted octanol–water partition coefficient (Wildman–Crippen LogP) is 1.08. The summed E-state index contributed by atoms with van der Waals surface area (Å²) >= 11 is 1.34. The van der Waals surface area contributed by atoms with Gasteiger partial charge in [0.15, 0.2) is 4.96 Å². The highest BCUT2D eigenvalue weighted by Gasteiger charge is 2.09. The fourth-order valence-corrected chi connectivity index (χ4v) is 2.01. The first-order chi connectivity index (χ1) is 6.11. The van der Waals surface area contributed by atoms with Gasteiger partial charge in [0.1, 0.15) is 0 Å². The first-order valence-corrected chi connectivity index (χ1v) is 4.65. The predicted molar refractivity (Wildman–Crippen MR) is 50.5 cm³/mol. The second-order valence-corrected chi connectivity index (χ2v) is 3.70. The van der Waals surface area contributed by atoms with Crippen molar-refractivity contribution in [3.63, 3.8) is 0 Å². The number of nitrogens with zero attached hydrogens (tertiary/aromatic N) is 2. The molecule has 2 heterocycles. The highest BCUT2D eigenvalue weighted by Crippen LogP contribution is 2.16. The van der Waals surface area contributed by atoms with Crippen LogP contribution < -0.4 is 5.56 Å². The summed E-state index contributed by atoms with van der Waals surface area (Å²) in [6, 6.07) is 0. The van der Waals surface area contributed by atoms with E-state index in [1.165, 1.54) is 15.7 Å². The summed E-state index contributed by atoms with van der Waals surface area (Å²) in [4.78, 5) is 16.0. The van der Waals surface area contributed by atoms with E-state index in [1.54, 1.807) is 6.92 Å². The van der Waals surface area contributed by atoms with Gasteiger partial charge in [0.2, 0.25) is 5.88 Å². The molecule has 2 aromatic rings. The van der Waals surface area contributed by atoms with E-state index in [0.29, 0.717) is 10.5 Å². The summed E-state index contributed by atoms with van der Waals surface area (Å²) in [5.74, 6) is -0.174. The van der Waals surface area contributed by atoms with Crippen molar-refractivity contribution in [3.8, 4) is 5.88 Å². The number of aryl methyl sites for hydroxylation is 1. The zero-order chi connectivity index (χ0) is 9.59. The number of rotatable bonds is 0. The van der Waals surface area contributed by atoms with E-state index in [-0.39, 0.29) is 11.4 Å². The van der Waals surface area contributed by atoms with Gasteiger partial charge < -0.3 is 5.11 Å². The van der Waals surface area contributed by atoms with Crippen molar-refractivity contribution in [2.75, 3.05) is 0 Å². The summed E-state index contributed by atoms with van der Waals surface area (Å²) in [6.07, 6.45) is 0. The maximum absolute atomic E-state index is 11.6. The largest absolute Gasteiger partial charge is 0.493 e. The molecule has 0 radical (unpaired) electrons. The maximum atomic E-state index is 11.6. The van der Waals surface area contributed by atoms with E-state index in [2.05, 4.69) is 4.98 Å². The Morgan fingerprint density at radius 1 is 1.54 bits per heavy atom. The van der Waals surface area contributed by atoms with Crippen LogP contribution in [0.1, 0.15) is 11.3 Å². The number of aromatic nitrogens is 2. The third-order valence-electron chi connectivity index (χ3n) is 1.94. The molecule has 0 atom stereocenters. The van der Waals surface area contributed by atoms with Gasteiger partial charge >= 0.3 is 0 Å². The molecule has 0 aliphatic carbocycles. The van der Waals surface area contributed by atoms with Crippen molar-refractivity contribution >= 4 is 16.3 Å². The van der Waals surface area contributed by atoms with E-state index in [0.717, 1.165) is 5.69 Å². The van der Waals surface area contributed by atoms with Crippen LogP contribution in [0.3, 0.4) is 0 Å². The van der Waals surface area contributed by atoms with E-state index < -0.39 is 0 Å². The Morgan fingerprint density at radius 3 is 2.92 bits per heavy atom. The van der Waals surface area contributed by atoms with Crippen LogP contribution in [0, 0.1) is 13.8 Å². The van der Waals surface area contributed by atoms with Crippen LogP contribution in [0.25, 0.3) is 4.96 Å². The molecule has 0 bridgehead atoms. The minimum atomic E-state index is -0.193. The summed E-state index contributed by atoms with van der Waals surface area (Å²) in [6.45, 7) is 3.40. The van der Waals surface area contributed by atoms with Crippen LogP contribution in [0.2, 0.25) is 0 Å². The van der Waals surface area contributed by atoms with E-state index in [4.69, 9.17) is 0 Å². The summed E-state index contributed by atoms with van der Waals surface area (Å²) in [7, 11) is 0. The normalized spacial score (nSPS) is 10.9. The van der Waals surface area contributed by atoms with Crippen LogP contribution >= 0.6 is 11.3 Å². The molecule has 2 aromatic heterocycles. The lowest BCUT2D eigenvalue weighted by Gasteiger charge is -1.98. The maximum Gasteiger partial charge on any atom is 0.265 e. The van der Waals surface area contributed by atoms with Gasteiger partial charge in [-0.25, -0.2) is 0 Å². The molecule has 0 unspecified atom stereocenters. The monoisotopic (exact) mass is 196 g/mol. The van der Waals surface area contributed by atoms with Crippen LogP contribution in [-0.4, -0.2) is 14.5 Å². The van der Waals surface area contributed by atoms with Crippen molar-refractivity contribution in [1.82, 2.24) is 9.38 Å². The summed E-state index contributed by atoms with van der Waals surface area (Å²) in [5.41, 5.74) is 0.945. The van der Waals surface area contributed by atoms with Gasteiger partial charge in [-0.3, -0.25) is 9.20 Å². The third-order valence-corrected chi connectivity index (χ3v) is 2.88. The van der Waals surface area contributed by atoms with Gasteiger partial charge in [-0.05, 0) is 13.8 Å². The Morgan fingerprint density at radius 2 is 2.23 bits per heavy atom. The molecule has 0 aliphatic heterocycles. The lowest BCUT2D eigenvalue weighted by Crippen LogP contribution is -2.17. The number of fused-ring (bicyclic) bond motifs is 1. The second kappa shape index (κ2) is 2.56. The molecular weight excluding hydrogens is 188 g/mol. The van der Waals surface area contributed by atoms with Gasteiger partial charge in [-0.15, -0.1) is 11.3 Å². The van der Waals surface area contributed by atoms with E-state index in [9.17, 15) is 9.90 Å². The van der Waals surface area contributed by atoms with Crippen molar-refractivity contribution in [3.05, 3.63) is 27.0 Å². The molecule has 0 saturated heterocycles. The quantitative estimate of drug-likeness (QED) is 0.686. The molecule has 1 N–H and O–H groups in total. The second-order valence-electron chi connectivity index (χ2n) is 2.86. The number of aromatic hydroxyl groups is 1. The molecule has 4 nitrogen and oxygen atoms in total. The molecule has 5 heteroatoms. The van der Waals surface area contributed by atoms with Crippen molar-refractivity contribution in [1.29, 1.82) is 0 Å². The van der Waals surface area contributed by atoms with Crippen molar-refractivity contribution < 1.29 is 5.11 Å². The molecule has 0 aromatic carbocycles. The van der Waals surface area contributed by atoms with Crippen LogP contribution in [-0.2, 0) is 0 Å². The summed E-state index contributed by atoms with van der Waals surface area (Å²) < 4.78 is 1.50. The van der Waals surface area contributed by atoms with Crippen molar-refractivity contribution in [2.24, 2.45) is 0 Å².